The van der Waals surface area contributed by atoms with Gasteiger partial charge in [-0.25, -0.2) is 0 Å². The van der Waals surface area contributed by atoms with Crippen molar-refractivity contribution in [1.82, 2.24) is 4.90 Å². The summed E-state index contributed by atoms with van der Waals surface area (Å²) in [5, 5.41) is 0. The second-order valence-electron chi connectivity index (χ2n) is 6.56. The molecule has 3 heterocycles. The first-order chi connectivity index (χ1) is 10.8. The van der Waals surface area contributed by atoms with Crippen LogP contribution in [0.5, 0.6) is 0 Å². The van der Waals surface area contributed by atoms with Gasteiger partial charge in [-0.3, -0.25) is 4.79 Å². The summed E-state index contributed by atoms with van der Waals surface area (Å²) in [6, 6.07) is 9.01. The minimum Gasteiger partial charge on any atom is -0.367 e. The van der Waals surface area contributed by atoms with Gasteiger partial charge < -0.3 is 4.90 Å². The molecule has 0 bridgehead atoms. The molecule has 4 heteroatoms. The quantitative estimate of drug-likeness (QED) is 0.721. The number of fused-ring (bicyclic) bond motifs is 5. The molecule has 5 rings (SSSR count). The highest BCUT2D eigenvalue weighted by Crippen LogP contribution is 2.60. The van der Waals surface area contributed by atoms with Gasteiger partial charge in [-0.15, -0.1) is 23.5 Å². The van der Waals surface area contributed by atoms with E-state index in [1.54, 1.807) is 0 Å². The zero-order valence-corrected chi connectivity index (χ0v) is 14.1. The van der Waals surface area contributed by atoms with Crippen molar-refractivity contribution < 1.29 is 4.79 Å². The number of allylic oxidation sites excluding steroid dienone is 1. The predicted octanol–water partition coefficient (Wildman–Crippen LogP) is 3.78. The molecular formula is C18H19NOS2. The second-order valence-corrected chi connectivity index (χ2v) is 9.60. The van der Waals surface area contributed by atoms with Crippen molar-refractivity contribution in [3.05, 3.63) is 46.7 Å². The number of carbonyl (C=O) groups is 1. The summed E-state index contributed by atoms with van der Waals surface area (Å²) in [6.45, 7) is 1.08. The number of hydrogen-bond donors (Lipinski definition) is 0. The van der Waals surface area contributed by atoms with Gasteiger partial charge in [0.25, 0.3) is 0 Å². The predicted molar refractivity (Wildman–Crippen MR) is 93.1 cm³/mol. The topological polar surface area (TPSA) is 20.3 Å². The van der Waals surface area contributed by atoms with Crippen LogP contribution in [-0.2, 0) is 11.2 Å². The van der Waals surface area contributed by atoms with Gasteiger partial charge in [0.2, 0.25) is 0 Å². The average molecular weight is 329 g/mol. The summed E-state index contributed by atoms with van der Waals surface area (Å²) < 4.78 is 0.106. The largest absolute Gasteiger partial charge is 0.367 e. The van der Waals surface area contributed by atoms with Crippen LogP contribution in [0.2, 0.25) is 0 Å². The maximum absolute atomic E-state index is 13.0. The summed E-state index contributed by atoms with van der Waals surface area (Å²) in [7, 11) is 0. The molecule has 114 valence electrons. The van der Waals surface area contributed by atoms with Gasteiger partial charge >= 0.3 is 0 Å². The van der Waals surface area contributed by atoms with Crippen molar-refractivity contribution >= 4 is 29.3 Å². The first-order valence-corrected chi connectivity index (χ1v) is 10.1. The van der Waals surface area contributed by atoms with E-state index in [1.165, 1.54) is 33.9 Å². The van der Waals surface area contributed by atoms with E-state index in [4.69, 9.17) is 0 Å². The third-order valence-corrected chi connectivity index (χ3v) is 9.06. The maximum Gasteiger partial charge on any atom is 0.165 e. The van der Waals surface area contributed by atoms with Crippen LogP contribution in [0.25, 0.3) is 0 Å². The molecule has 1 spiro atoms. The zero-order valence-electron chi connectivity index (χ0n) is 12.5. The Morgan fingerprint density at radius 2 is 1.95 bits per heavy atom. The Kier molecular flexibility index (Phi) is 2.97. The zero-order chi connectivity index (χ0) is 14.7. The Hall–Kier alpha value is -0.870. The van der Waals surface area contributed by atoms with Crippen LogP contribution in [0.4, 0.5) is 0 Å². The van der Waals surface area contributed by atoms with E-state index in [1.807, 2.05) is 23.5 Å². The third-order valence-electron chi connectivity index (χ3n) is 5.53. The SMILES string of the molecule is O=C1C[C@H]2c3ccccc3CCN2C2=C1C1(CC2)SCCS1. The molecule has 1 saturated heterocycles. The monoisotopic (exact) mass is 329 g/mol. The highest BCUT2D eigenvalue weighted by atomic mass is 32.2. The Labute approximate surface area is 139 Å². The smallest absolute Gasteiger partial charge is 0.165 e. The van der Waals surface area contributed by atoms with Crippen molar-refractivity contribution in [2.75, 3.05) is 18.1 Å². The Balaban J connectivity index is 1.61. The summed E-state index contributed by atoms with van der Waals surface area (Å²) >= 11 is 4.05. The molecule has 1 fully saturated rings. The molecule has 22 heavy (non-hydrogen) atoms. The van der Waals surface area contributed by atoms with Crippen LogP contribution < -0.4 is 0 Å². The van der Waals surface area contributed by atoms with Crippen LogP contribution >= 0.6 is 23.5 Å². The second kappa shape index (κ2) is 4.81. The normalized spacial score (nSPS) is 28.8. The molecule has 3 aliphatic heterocycles. The molecule has 1 aromatic carbocycles. The van der Waals surface area contributed by atoms with Crippen molar-refractivity contribution in [2.45, 2.75) is 35.8 Å². The third kappa shape index (κ3) is 1.74. The van der Waals surface area contributed by atoms with Gasteiger partial charge in [-0.05, 0) is 30.4 Å². The molecule has 1 aliphatic carbocycles. The van der Waals surface area contributed by atoms with Crippen molar-refractivity contribution in [2.24, 2.45) is 0 Å². The van der Waals surface area contributed by atoms with Crippen LogP contribution in [0.3, 0.4) is 0 Å². The van der Waals surface area contributed by atoms with Crippen molar-refractivity contribution in [3.8, 4) is 0 Å². The molecule has 1 atom stereocenters. The van der Waals surface area contributed by atoms with E-state index in [0.29, 0.717) is 18.2 Å². The number of benzene rings is 1. The molecular weight excluding hydrogens is 310 g/mol. The fraction of sp³-hybridized carbons (Fsp3) is 0.500. The highest BCUT2D eigenvalue weighted by molar-refractivity contribution is 8.21. The lowest BCUT2D eigenvalue weighted by atomic mass is 9.85. The molecule has 0 N–H and O–H groups in total. The van der Waals surface area contributed by atoms with Crippen LogP contribution in [0.1, 0.15) is 36.4 Å². The van der Waals surface area contributed by atoms with Gasteiger partial charge in [0.15, 0.2) is 5.78 Å². The first kappa shape index (κ1) is 13.6. The Morgan fingerprint density at radius 3 is 2.82 bits per heavy atom. The minimum absolute atomic E-state index is 0.106. The van der Waals surface area contributed by atoms with Crippen LogP contribution in [0, 0.1) is 0 Å². The summed E-state index contributed by atoms with van der Waals surface area (Å²) in [5.41, 5.74) is 5.41. The van der Waals surface area contributed by atoms with Gasteiger partial charge in [-0.2, -0.15) is 0 Å². The summed E-state index contributed by atoms with van der Waals surface area (Å²) in [6.07, 6.45) is 4.05. The molecule has 2 nitrogen and oxygen atoms in total. The minimum atomic E-state index is 0.106. The van der Waals surface area contributed by atoms with E-state index in [-0.39, 0.29) is 4.08 Å². The molecule has 0 radical (unpaired) electrons. The van der Waals surface area contributed by atoms with E-state index in [9.17, 15) is 4.79 Å². The Bertz CT molecular complexity index is 690. The van der Waals surface area contributed by atoms with Crippen LogP contribution in [-0.4, -0.2) is 32.8 Å². The molecule has 0 amide bonds. The number of thioether (sulfide) groups is 2. The van der Waals surface area contributed by atoms with E-state index < -0.39 is 0 Å². The number of nitrogens with zero attached hydrogens (tertiary/aromatic N) is 1. The number of ketones is 1. The van der Waals surface area contributed by atoms with E-state index in [0.717, 1.165) is 25.8 Å². The average Bonchev–Trinajstić information content (AvgIpc) is 3.16. The molecule has 0 unspecified atom stereocenters. The molecule has 4 aliphatic rings. The molecule has 1 aromatic rings. The van der Waals surface area contributed by atoms with Crippen molar-refractivity contribution in [1.29, 1.82) is 0 Å². The summed E-state index contributed by atoms with van der Waals surface area (Å²) in [5.74, 6) is 2.81. The molecule has 0 aromatic heterocycles. The number of carbonyl (C=O) groups excluding carboxylic acids is 1. The standard InChI is InChI=1S/C18H19NOS2/c20-16-11-15-13-4-2-1-3-12(13)6-8-19(15)14-5-7-18(17(14)16)21-9-10-22-18/h1-4,15H,5-11H2/t15-/m0/s1. The fourth-order valence-corrected chi connectivity index (χ4v) is 8.03. The van der Waals surface area contributed by atoms with Gasteiger partial charge in [0.05, 0.1) is 10.1 Å². The van der Waals surface area contributed by atoms with E-state index >= 15 is 0 Å². The number of hydrogen-bond acceptors (Lipinski definition) is 4. The fourth-order valence-electron chi connectivity index (χ4n) is 4.63. The highest BCUT2D eigenvalue weighted by Gasteiger charge is 2.52. The molecule has 0 saturated carbocycles. The Morgan fingerprint density at radius 1 is 1.14 bits per heavy atom. The van der Waals surface area contributed by atoms with Gasteiger partial charge in [0, 0.05) is 35.7 Å². The lowest BCUT2D eigenvalue weighted by molar-refractivity contribution is -0.117. The van der Waals surface area contributed by atoms with Crippen molar-refractivity contribution in [3.63, 3.8) is 0 Å². The first-order valence-electron chi connectivity index (χ1n) is 8.18. The van der Waals surface area contributed by atoms with E-state index in [2.05, 4.69) is 29.2 Å². The van der Waals surface area contributed by atoms with Crippen LogP contribution in [0.15, 0.2) is 35.5 Å². The van der Waals surface area contributed by atoms with Gasteiger partial charge in [-0.1, -0.05) is 24.3 Å². The lowest BCUT2D eigenvalue weighted by Crippen LogP contribution is -2.41. The number of Topliss-reactive ketones (excluding diaryl/α,β-unsaturated/α-hetero) is 1. The number of rotatable bonds is 0. The van der Waals surface area contributed by atoms with Gasteiger partial charge in [0.1, 0.15) is 0 Å². The lowest BCUT2D eigenvalue weighted by Gasteiger charge is -2.43. The summed E-state index contributed by atoms with van der Waals surface area (Å²) in [4.78, 5) is 15.6. The maximum atomic E-state index is 13.0.